The number of hydrogen-bond donors (Lipinski definition) is 3. The number of urea groups is 1. The average Bonchev–Trinajstić information content (AvgIpc) is 2.45. The Bertz CT molecular complexity index is 513. The van der Waals surface area contributed by atoms with Crippen LogP contribution in [-0.4, -0.2) is 36.2 Å². The van der Waals surface area contributed by atoms with Crippen LogP contribution in [0.2, 0.25) is 0 Å². The van der Waals surface area contributed by atoms with Gasteiger partial charge in [0.15, 0.2) is 0 Å². The quantitative estimate of drug-likeness (QED) is 0.690. The van der Waals surface area contributed by atoms with Gasteiger partial charge in [0.1, 0.15) is 6.04 Å². The minimum atomic E-state index is -1.21. The molecule has 0 radical (unpaired) electrons. The summed E-state index contributed by atoms with van der Waals surface area (Å²) in [4.78, 5) is 33.8. The zero-order chi connectivity index (χ0) is 15.8. The first-order valence-electron chi connectivity index (χ1n) is 6.36. The number of nitrogens with one attached hydrogen (secondary N) is 2. The smallest absolute Gasteiger partial charge is 0.326 e. The summed E-state index contributed by atoms with van der Waals surface area (Å²) < 4.78 is 4.43. The van der Waals surface area contributed by atoms with Gasteiger partial charge in [0.25, 0.3) is 0 Å². The van der Waals surface area contributed by atoms with E-state index in [2.05, 4.69) is 15.4 Å². The lowest BCUT2D eigenvalue weighted by molar-refractivity contribution is -0.142. The van der Waals surface area contributed by atoms with Gasteiger partial charge in [-0.1, -0.05) is 17.7 Å². The van der Waals surface area contributed by atoms with Crippen LogP contribution in [0.4, 0.5) is 10.5 Å². The highest BCUT2D eigenvalue weighted by molar-refractivity contribution is 5.92. The third-order valence-corrected chi connectivity index (χ3v) is 2.78. The lowest BCUT2D eigenvalue weighted by atomic mass is 10.1. The number of aliphatic carboxylic acids is 1. The van der Waals surface area contributed by atoms with Gasteiger partial charge in [-0.15, -0.1) is 0 Å². The lowest BCUT2D eigenvalue weighted by Gasteiger charge is -2.14. The maximum atomic E-state index is 11.7. The van der Waals surface area contributed by atoms with Gasteiger partial charge in [0, 0.05) is 12.1 Å². The lowest BCUT2D eigenvalue weighted by Crippen LogP contribution is -2.43. The summed E-state index contributed by atoms with van der Waals surface area (Å²) >= 11 is 0. The van der Waals surface area contributed by atoms with Crippen LogP contribution in [-0.2, 0) is 14.3 Å². The zero-order valence-electron chi connectivity index (χ0n) is 11.9. The predicted octanol–water partition coefficient (Wildman–Crippen LogP) is 1.52. The fourth-order valence-corrected chi connectivity index (χ4v) is 1.58. The minimum Gasteiger partial charge on any atom is -0.480 e. The van der Waals surface area contributed by atoms with Crippen LogP contribution >= 0.6 is 0 Å². The van der Waals surface area contributed by atoms with Crippen molar-refractivity contribution in [1.82, 2.24) is 5.32 Å². The Morgan fingerprint density at radius 3 is 2.38 bits per heavy atom. The fourth-order valence-electron chi connectivity index (χ4n) is 1.58. The molecule has 1 atom stereocenters. The molecule has 1 rings (SSSR count). The maximum Gasteiger partial charge on any atom is 0.326 e. The molecule has 0 aliphatic carbocycles. The summed E-state index contributed by atoms with van der Waals surface area (Å²) in [6.07, 6.45) is -0.123. The molecule has 0 aromatic heterocycles. The molecular formula is C14H18N2O5. The Hall–Kier alpha value is -2.57. The van der Waals surface area contributed by atoms with Crippen molar-refractivity contribution in [3.63, 3.8) is 0 Å². The van der Waals surface area contributed by atoms with Crippen molar-refractivity contribution in [2.75, 3.05) is 12.4 Å². The molecular weight excluding hydrogens is 276 g/mol. The van der Waals surface area contributed by atoms with Crippen LogP contribution < -0.4 is 10.6 Å². The predicted molar refractivity (Wildman–Crippen MR) is 76.0 cm³/mol. The van der Waals surface area contributed by atoms with Gasteiger partial charge in [-0.2, -0.15) is 0 Å². The highest BCUT2D eigenvalue weighted by Crippen LogP contribution is 2.08. The molecule has 1 aromatic rings. The first kappa shape index (κ1) is 16.5. The van der Waals surface area contributed by atoms with E-state index in [0.717, 1.165) is 5.56 Å². The molecule has 2 amide bonds. The Kier molecular flexibility index (Phi) is 6.19. The summed E-state index contributed by atoms with van der Waals surface area (Å²) in [5.41, 5.74) is 1.60. The van der Waals surface area contributed by atoms with Crippen LogP contribution in [0, 0.1) is 6.92 Å². The molecule has 0 aliphatic rings. The van der Waals surface area contributed by atoms with Crippen molar-refractivity contribution in [2.45, 2.75) is 25.8 Å². The van der Waals surface area contributed by atoms with Gasteiger partial charge in [-0.05, 0) is 25.5 Å². The third kappa shape index (κ3) is 5.94. The van der Waals surface area contributed by atoms with E-state index in [0.29, 0.717) is 5.69 Å². The number of carbonyl (C=O) groups excluding carboxylic acids is 2. The van der Waals surface area contributed by atoms with Crippen LogP contribution in [0.5, 0.6) is 0 Å². The van der Waals surface area contributed by atoms with E-state index < -0.39 is 24.0 Å². The van der Waals surface area contributed by atoms with Crippen LogP contribution in [0.1, 0.15) is 18.4 Å². The van der Waals surface area contributed by atoms with Crippen molar-refractivity contribution < 1.29 is 24.2 Å². The van der Waals surface area contributed by atoms with Gasteiger partial charge >= 0.3 is 18.0 Å². The molecule has 0 bridgehead atoms. The number of amides is 2. The van der Waals surface area contributed by atoms with E-state index in [1.165, 1.54) is 7.11 Å². The van der Waals surface area contributed by atoms with Crippen molar-refractivity contribution in [3.05, 3.63) is 29.8 Å². The van der Waals surface area contributed by atoms with E-state index in [-0.39, 0.29) is 12.8 Å². The molecule has 0 saturated carbocycles. The highest BCUT2D eigenvalue weighted by Gasteiger charge is 2.21. The summed E-state index contributed by atoms with van der Waals surface area (Å²) in [6.45, 7) is 1.91. The number of methoxy groups -OCH3 is 1. The second-order valence-electron chi connectivity index (χ2n) is 4.47. The van der Waals surface area contributed by atoms with Crippen LogP contribution in [0.25, 0.3) is 0 Å². The van der Waals surface area contributed by atoms with E-state index in [1.54, 1.807) is 12.1 Å². The normalized spacial score (nSPS) is 11.3. The molecule has 7 nitrogen and oxygen atoms in total. The standard InChI is InChI=1S/C14H18N2O5/c1-9-3-5-10(6-4-9)15-14(20)16-11(13(18)19)7-8-12(17)21-2/h3-6,11H,7-8H2,1-2H3,(H,18,19)(H2,15,16,20)/t11-/m0/s1. The summed E-state index contributed by atoms with van der Waals surface area (Å²) in [6, 6.07) is 5.26. The molecule has 0 saturated heterocycles. The molecule has 7 heteroatoms. The van der Waals surface area contributed by atoms with E-state index >= 15 is 0 Å². The van der Waals surface area contributed by atoms with E-state index in [1.807, 2.05) is 19.1 Å². The number of carbonyl (C=O) groups is 3. The first-order chi connectivity index (χ1) is 9.92. The number of esters is 1. The van der Waals surface area contributed by atoms with Crippen molar-refractivity contribution in [1.29, 1.82) is 0 Å². The summed E-state index contributed by atoms with van der Waals surface area (Å²) in [5, 5.41) is 13.8. The van der Waals surface area contributed by atoms with Gasteiger partial charge in [-0.3, -0.25) is 4.79 Å². The number of aryl methyl sites for hydroxylation is 1. The van der Waals surface area contributed by atoms with Crippen LogP contribution in [0.15, 0.2) is 24.3 Å². The Balaban J connectivity index is 2.54. The number of ether oxygens (including phenoxy) is 1. The molecule has 0 unspecified atom stereocenters. The average molecular weight is 294 g/mol. The number of rotatable bonds is 6. The van der Waals surface area contributed by atoms with Crippen molar-refractivity contribution in [2.24, 2.45) is 0 Å². The molecule has 0 aliphatic heterocycles. The molecule has 0 heterocycles. The zero-order valence-corrected chi connectivity index (χ0v) is 11.9. The van der Waals surface area contributed by atoms with Crippen molar-refractivity contribution >= 4 is 23.7 Å². The van der Waals surface area contributed by atoms with Gasteiger partial charge in [-0.25, -0.2) is 9.59 Å². The molecule has 114 valence electrons. The Labute approximate surface area is 122 Å². The minimum absolute atomic E-state index is 0.0384. The number of carboxylic acid groups (broad SMARTS) is 1. The Morgan fingerprint density at radius 1 is 1.24 bits per heavy atom. The molecule has 1 aromatic carbocycles. The van der Waals surface area contributed by atoms with Gasteiger partial charge in [0.2, 0.25) is 0 Å². The highest BCUT2D eigenvalue weighted by atomic mass is 16.5. The second-order valence-corrected chi connectivity index (χ2v) is 4.47. The molecule has 0 spiro atoms. The number of anilines is 1. The van der Waals surface area contributed by atoms with Crippen molar-refractivity contribution in [3.8, 4) is 0 Å². The SMILES string of the molecule is COC(=O)CC[C@H](NC(=O)Nc1ccc(C)cc1)C(=O)O. The number of benzene rings is 1. The first-order valence-corrected chi connectivity index (χ1v) is 6.36. The maximum absolute atomic E-state index is 11.7. The fraction of sp³-hybridized carbons (Fsp3) is 0.357. The van der Waals surface area contributed by atoms with E-state index in [9.17, 15) is 14.4 Å². The topological polar surface area (TPSA) is 105 Å². The van der Waals surface area contributed by atoms with Gasteiger partial charge in [0.05, 0.1) is 7.11 Å². The summed E-state index contributed by atoms with van der Waals surface area (Å²) in [5.74, 6) is -1.74. The molecule has 21 heavy (non-hydrogen) atoms. The second kappa shape index (κ2) is 7.88. The number of carboxylic acids is 1. The van der Waals surface area contributed by atoms with Crippen LogP contribution in [0.3, 0.4) is 0 Å². The van der Waals surface area contributed by atoms with E-state index in [4.69, 9.17) is 5.11 Å². The largest absolute Gasteiger partial charge is 0.480 e. The molecule has 0 fully saturated rings. The van der Waals surface area contributed by atoms with Gasteiger partial charge < -0.3 is 20.5 Å². The monoisotopic (exact) mass is 294 g/mol. The summed E-state index contributed by atoms with van der Waals surface area (Å²) in [7, 11) is 1.22. The third-order valence-electron chi connectivity index (χ3n) is 2.78. The Morgan fingerprint density at radius 2 is 1.86 bits per heavy atom. The molecule has 3 N–H and O–H groups in total. The number of hydrogen-bond acceptors (Lipinski definition) is 4.